The molecule has 4 aromatic rings. The normalized spacial score (nSPS) is 14.7. The smallest absolute Gasteiger partial charge is 0.104 e. The van der Waals surface area contributed by atoms with Gasteiger partial charge in [-0.2, -0.15) is 0 Å². The Labute approximate surface area is 174 Å². The van der Waals surface area contributed by atoms with Crippen molar-refractivity contribution in [1.29, 1.82) is 0 Å². The summed E-state index contributed by atoms with van der Waals surface area (Å²) < 4.78 is 0. The summed E-state index contributed by atoms with van der Waals surface area (Å²) in [5.74, 6) is 0. The highest BCUT2D eigenvalue weighted by molar-refractivity contribution is 8.00. The van der Waals surface area contributed by atoms with Gasteiger partial charge in [0.05, 0.1) is 14.5 Å². The molecule has 0 bridgehead atoms. The Bertz CT molecular complexity index is 1140. The number of hydrogen-bond acceptors (Lipinski definition) is 4. The summed E-state index contributed by atoms with van der Waals surface area (Å²) in [6.45, 7) is 0. The fourth-order valence-corrected chi connectivity index (χ4v) is 8.12. The zero-order valence-electron chi connectivity index (χ0n) is 15.1. The molecule has 0 saturated carbocycles. The number of pyridine rings is 2. The topological polar surface area (TPSA) is 25.8 Å². The average Bonchev–Trinajstić information content (AvgIpc) is 2.75. The molecule has 134 valence electrons. The molecule has 2 aromatic carbocycles. The fourth-order valence-electron chi connectivity index (χ4n) is 3.89. The highest BCUT2D eigenvalue weighted by Crippen LogP contribution is 2.39. The lowest BCUT2D eigenvalue weighted by Gasteiger charge is -2.20. The quantitative estimate of drug-likeness (QED) is 0.384. The van der Waals surface area contributed by atoms with Gasteiger partial charge in [-0.1, -0.05) is 59.9 Å². The van der Waals surface area contributed by atoms with Crippen molar-refractivity contribution >= 4 is 43.4 Å². The van der Waals surface area contributed by atoms with Crippen LogP contribution in [0.4, 0.5) is 0 Å². The lowest BCUT2D eigenvalue weighted by Crippen LogP contribution is -2.34. The largest absolute Gasteiger partial charge is 0.250 e. The Morgan fingerprint density at radius 3 is 2.64 bits per heavy atom. The standard InChI is InChI=1S/C23H16N2S2Si/c1-2-5-18-15(4-1)10-16-11-17(13-25-22(16)26-18)14-7-8-19-21(12-14)28-20-6-3-9-24-23(20)27-19/h1-9,11-13H,10,28H2. The van der Waals surface area contributed by atoms with Gasteiger partial charge in [0.2, 0.25) is 0 Å². The molecule has 2 nitrogen and oxygen atoms in total. The summed E-state index contributed by atoms with van der Waals surface area (Å²) in [6, 6.07) is 22.2. The van der Waals surface area contributed by atoms with E-state index in [1.165, 1.54) is 47.4 Å². The van der Waals surface area contributed by atoms with Crippen LogP contribution in [-0.2, 0) is 6.42 Å². The van der Waals surface area contributed by atoms with Crippen LogP contribution in [0.1, 0.15) is 11.1 Å². The maximum atomic E-state index is 4.80. The van der Waals surface area contributed by atoms with Gasteiger partial charge in [0.15, 0.2) is 0 Å². The number of aromatic nitrogens is 2. The number of fused-ring (bicyclic) bond motifs is 4. The van der Waals surface area contributed by atoms with E-state index < -0.39 is 9.52 Å². The predicted molar refractivity (Wildman–Crippen MR) is 119 cm³/mol. The van der Waals surface area contributed by atoms with Crippen LogP contribution in [0, 0.1) is 0 Å². The molecule has 0 amide bonds. The number of nitrogens with zero attached hydrogens (tertiary/aromatic N) is 2. The van der Waals surface area contributed by atoms with Gasteiger partial charge in [0, 0.05) is 34.2 Å². The first-order chi connectivity index (χ1) is 13.8. The molecule has 0 saturated heterocycles. The zero-order valence-corrected chi connectivity index (χ0v) is 18.1. The third kappa shape index (κ3) is 2.82. The summed E-state index contributed by atoms with van der Waals surface area (Å²) in [5, 5.41) is 5.31. The minimum absolute atomic E-state index is 0.484. The number of rotatable bonds is 1. The van der Waals surface area contributed by atoms with E-state index in [9.17, 15) is 0 Å². The highest BCUT2D eigenvalue weighted by atomic mass is 32.2. The van der Waals surface area contributed by atoms with E-state index >= 15 is 0 Å². The van der Waals surface area contributed by atoms with Crippen LogP contribution in [0.5, 0.6) is 0 Å². The second-order valence-electron chi connectivity index (χ2n) is 7.14. The minimum Gasteiger partial charge on any atom is -0.250 e. The van der Waals surface area contributed by atoms with Crippen LogP contribution in [0.15, 0.2) is 92.9 Å². The van der Waals surface area contributed by atoms with Gasteiger partial charge in [0.1, 0.15) is 5.03 Å². The van der Waals surface area contributed by atoms with Gasteiger partial charge >= 0.3 is 0 Å². The van der Waals surface area contributed by atoms with Crippen molar-refractivity contribution in [2.75, 3.05) is 0 Å². The molecule has 0 spiro atoms. The molecule has 0 radical (unpaired) electrons. The summed E-state index contributed by atoms with van der Waals surface area (Å²) in [5.41, 5.74) is 5.23. The van der Waals surface area contributed by atoms with Gasteiger partial charge in [-0.05, 0) is 51.3 Å². The first-order valence-electron chi connectivity index (χ1n) is 9.33. The molecule has 0 atom stereocenters. The molecule has 28 heavy (non-hydrogen) atoms. The van der Waals surface area contributed by atoms with Crippen molar-refractivity contribution in [2.24, 2.45) is 0 Å². The van der Waals surface area contributed by atoms with Crippen LogP contribution in [-0.4, -0.2) is 19.5 Å². The van der Waals surface area contributed by atoms with Crippen molar-refractivity contribution in [2.45, 2.75) is 26.3 Å². The van der Waals surface area contributed by atoms with Crippen molar-refractivity contribution in [3.05, 3.63) is 84.2 Å². The van der Waals surface area contributed by atoms with Crippen LogP contribution in [0.25, 0.3) is 11.1 Å². The molecular weight excluding hydrogens is 396 g/mol. The van der Waals surface area contributed by atoms with Crippen molar-refractivity contribution < 1.29 is 0 Å². The second-order valence-corrected chi connectivity index (χ2v) is 11.1. The number of hydrogen-bond donors (Lipinski definition) is 0. The first kappa shape index (κ1) is 16.6. The Morgan fingerprint density at radius 2 is 1.64 bits per heavy atom. The van der Waals surface area contributed by atoms with Crippen LogP contribution in [0.2, 0.25) is 0 Å². The molecule has 6 rings (SSSR count). The summed E-state index contributed by atoms with van der Waals surface area (Å²) in [4.78, 5) is 12.1. The minimum atomic E-state index is -0.484. The molecule has 4 heterocycles. The molecule has 0 unspecified atom stereocenters. The SMILES string of the molecule is c1ccc2c(c1)Cc1cc(-c3ccc4c(c3)[SiH2]c3cccnc3S4)cnc1S2. The lowest BCUT2D eigenvalue weighted by molar-refractivity contribution is 0.978. The second kappa shape index (κ2) is 6.62. The van der Waals surface area contributed by atoms with Gasteiger partial charge in [-0.3, -0.25) is 0 Å². The maximum absolute atomic E-state index is 4.80. The summed E-state index contributed by atoms with van der Waals surface area (Å²) in [6.07, 6.45) is 4.90. The van der Waals surface area contributed by atoms with Crippen LogP contribution in [0.3, 0.4) is 0 Å². The molecule has 2 aromatic heterocycles. The summed E-state index contributed by atoms with van der Waals surface area (Å²) in [7, 11) is -0.484. The van der Waals surface area contributed by atoms with Gasteiger partial charge in [0.25, 0.3) is 0 Å². The third-order valence-electron chi connectivity index (χ3n) is 5.32. The molecule has 0 aliphatic carbocycles. The average molecular weight is 413 g/mol. The Morgan fingerprint density at radius 1 is 0.714 bits per heavy atom. The third-order valence-corrected chi connectivity index (χ3v) is 10.1. The zero-order chi connectivity index (χ0) is 18.5. The van der Waals surface area contributed by atoms with Crippen LogP contribution >= 0.6 is 23.5 Å². The molecule has 0 fully saturated rings. The van der Waals surface area contributed by atoms with E-state index in [-0.39, 0.29) is 0 Å². The Kier molecular flexibility index (Phi) is 3.92. The van der Waals surface area contributed by atoms with Crippen molar-refractivity contribution in [3.8, 4) is 11.1 Å². The van der Waals surface area contributed by atoms with E-state index in [1.807, 2.05) is 12.4 Å². The van der Waals surface area contributed by atoms with Crippen molar-refractivity contribution in [3.63, 3.8) is 0 Å². The van der Waals surface area contributed by atoms with Gasteiger partial charge in [-0.25, -0.2) is 9.97 Å². The Hall–Kier alpha value is -2.34. The van der Waals surface area contributed by atoms with E-state index in [4.69, 9.17) is 4.98 Å². The van der Waals surface area contributed by atoms with Crippen molar-refractivity contribution in [1.82, 2.24) is 9.97 Å². The summed E-state index contributed by atoms with van der Waals surface area (Å²) >= 11 is 3.59. The fraction of sp³-hybridized carbons (Fsp3) is 0.0435. The lowest BCUT2D eigenvalue weighted by atomic mass is 10.0. The monoisotopic (exact) mass is 412 g/mol. The van der Waals surface area contributed by atoms with E-state index in [0.29, 0.717) is 0 Å². The predicted octanol–water partition coefficient (Wildman–Crippen LogP) is 3.78. The van der Waals surface area contributed by atoms with Gasteiger partial charge < -0.3 is 0 Å². The molecule has 0 N–H and O–H groups in total. The first-order valence-corrected chi connectivity index (χ1v) is 12.4. The van der Waals surface area contributed by atoms with E-state index in [0.717, 1.165) is 11.4 Å². The highest BCUT2D eigenvalue weighted by Gasteiger charge is 2.20. The van der Waals surface area contributed by atoms with Gasteiger partial charge in [-0.15, -0.1) is 0 Å². The molecule has 5 heteroatoms. The molecule has 2 aliphatic rings. The number of benzene rings is 2. The molecule has 2 aliphatic heterocycles. The van der Waals surface area contributed by atoms with Crippen LogP contribution < -0.4 is 10.4 Å². The molecular formula is C23H16N2S2Si. The van der Waals surface area contributed by atoms with E-state index in [1.54, 1.807) is 23.5 Å². The maximum Gasteiger partial charge on any atom is 0.104 e. The van der Waals surface area contributed by atoms with E-state index in [2.05, 4.69) is 65.6 Å². The Balaban J connectivity index is 1.36.